The van der Waals surface area contributed by atoms with Crippen molar-refractivity contribution in [1.82, 2.24) is 9.61 Å². The second-order valence-corrected chi connectivity index (χ2v) is 5.10. The van der Waals surface area contributed by atoms with Gasteiger partial charge in [-0.15, -0.1) is 0 Å². The molecule has 4 aromatic rings. The first-order valence-electron chi connectivity index (χ1n) is 6.92. The molecule has 2 heterocycles. The van der Waals surface area contributed by atoms with E-state index < -0.39 is 6.10 Å². The highest BCUT2D eigenvalue weighted by atomic mass is 16.3. The predicted molar refractivity (Wildman–Crippen MR) is 83.2 cm³/mol. The number of nitrogens with zero attached hydrogens (tertiary/aromatic N) is 2. The van der Waals surface area contributed by atoms with Crippen LogP contribution in [0.4, 0.5) is 0 Å². The van der Waals surface area contributed by atoms with E-state index in [2.05, 4.69) is 17.2 Å². The van der Waals surface area contributed by atoms with Crippen molar-refractivity contribution in [3.8, 4) is 0 Å². The summed E-state index contributed by atoms with van der Waals surface area (Å²) < 4.78 is 1.78. The third-order valence-electron chi connectivity index (χ3n) is 3.87. The molecular formula is C18H14N2O. The molecule has 1 atom stereocenters. The number of fused-ring (bicyclic) bond motifs is 2. The molecule has 0 saturated carbocycles. The summed E-state index contributed by atoms with van der Waals surface area (Å²) in [4.78, 5) is 0. The van der Waals surface area contributed by atoms with Gasteiger partial charge in [0.15, 0.2) is 0 Å². The lowest BCUT2D eigenvalue weighted by Gasteiger charge is -2.13. The van der Waals surface area contributed by atoms with Crippen LogP contribution in [0.1, 0.15) is 17.2 Å². The zero-order valence-electron chi connectivity index (χ0n) is 11.3. The van der Waals surface area contributed by atoms with Gasteiger partial charge < -0.3 is 5.11 Å². The lowest BCUT2D eigenvalue weighted by molar-refractivity contribution is 0.223. The number of hydrogen-bond acceptors (Lipinski definition) is 2. The van der Waals surface area contributed by atoms with E-state index in [1.807, 2.05) is 54.7 Å². The normalized spacial score (nSPS) is 12.8. The molecule has 3 heteroatoms. The highest BCUT2D eigenvalue weighted by Gasteiger charge is 2.17. The number of aromatic nitrogens is 2. The summed E-state index contributed by atoms with van der Waals surface area (Å²) in [5.41, 5.74) is 2.66. The van der Waals surface area contributed by atoms with Gasteiger partial charge in [-0.3, -0.25) is 0 Å². The van der Waals surface area contributed by atoms with Crippen LogP contribution in [0.5, 0.6) is 0 Å². The maximum atomic E-state index is 10.8. The molecule has 2 aromatic carbocycles. The largest absolute Gasteiger partial charge is 0.383 e. The minimum atomic E-state index is -0.684. The monoisotopic (exact) mass is 274 g/mol. The molecule has 3 nitrogen and oxygen atoms in total. The van der Waals surface area contributed by atoms with E-state index in [-0.39, 0.29) is 0 Å². The maximum Gasteiger partial charge on any atom is 0.108 e. The van der Waals surface area contributed by atoms with E-state index in [9.17, 15) is 5.11 Å². The predicted octanol–water partition coefficient (Wildman–Crippen LogP) is 3.57. The smallest absolute Gasteiger partial charge is 0.108 e. The van der Waals surface area contributed by atoms with Gasteiger partial charge in [0.05, 0.1) is 11.7 Å². The Kier molecular flexibility index (Phi) is 2.72. The molecule has 0 aliphatic rings. The third-order valence-corrected chi connectivity index (χ3v) is 3.87. The molecule has 0 bridgehead atoms. The second kappa shape index (κ2) is 4.72. The van der Waals surface area contributed by atoms with Gasteiger partial charge in [-0.05, 0) is 28.5 Å². The fourth-order valence-electron chi connectivity index (χ4n) is 2.82. The average molecular weight is 274 g/mol. The van der Waals surface area contributed by atoms with Crippen LogP contribution in [0.25, 0.3) is 16.3 Å². The van der Waals surface area contributed by atoms with Crippen LogP contribution < -0.4 is 0 Å². The first kappa shape index (κ1) is 12.1. The Hall–Kier alpha value is -2.65. The first-order valence-corrected chi connectivity index (χ1v) is 6.92. The van der Waals surface area contributed by atoms with Crippen LogP contribution in [0.15, 0.2) is 73.1 Å². The maximum absolute atomic E-state index is 10.8. The number of aliphatic hydroxyl groups is 1. The SMILES string of the molecule is OC(c1cccc2ccccc12)c1cnn2ccccc12. The fraction of sp³-hybridized carbons (Fsp3) is 0.0556. The molecule has 4 rings (SSSR count). The summed E-state index contributed by atoms with van der Waals surface area (Å²) in [5.74, 6) is 0. The van der Waals surface area contributed by atoms with Crippen molar-refractivity contribution in [1.29, 1.82) is 0 Å². The van der Waals surface area contributed by atoms with Crippen LogP contribution in [-0.4, -0.2) is 14.7 Å². The van der Waals surface area contributed by atoms with Crippen LogP contribution >= 0.6 is 0 Å². The van der Waals surface area contributed by atoms with Gasteiger partial charge in [0.1, 0.15) is 6.10 Å². The van der Waals surface area contributed by atoms with Crippen molar-refractivity contribution in [3.63, 3.8) is 0 Å². The Labute approximate surface area is 122 Å². The highest BCUT2D eigenvalue weighted by Crippen LogP contribution is 2.30. The summed E-state index contributed by atoms with van der Waals surface area (Å²) in [6.45, 7) is 0. The molecule has 0 aliphatic heterocycles. The van der Waals surface area contributed by atoms with Gasteiger partial charge in [-0.25, -0.2) is 4.52 Å². The van der Waals surface area contributed by atoms with Gasteiger partial charge >= 0.3 is 0 Å². The molecule has 21 heavy (non-hydrogen) atoms. The first-order chi connectivity index (χ1) is 10.3. The summed E-state index contributed by atoms with van der Waals surface area (Å²) in [5, 5.41) is 17.3. The number of rotatable bonds is 2. The number of pyridine rings is 1. The molecule has 1 N–H and O–H groups in total. The summed E-state index contributed by atoms with van der Waals surface area (Å²) >= 11 is 0. The van der Waals surface area contributed by atoms with E-state index in [4.69, 9.17) is 0 Å². The minimum absolute atomic E-state index is 0.684. The number of aliphatic hydroxyl groups excluding tert-OH is 1. The lowest BCUT2D eigenvalue weighted by Crippen LogP contribution is -2.00. The Bertz CT molecular complexity index is 921. The van der Waals surface area contributed by atoms with E-state index in [0.29, 0.717) is 0 Å². The van der Waals surface area contributed by atoms with E-state index in [1.54, 1.807) is 10.7 Å². The van der Waals surface area contributed by atoms with Crippen molar-refractivity contribution in [2.75, 3.05) is 0 Å². The van der Waals surface area contributed by atoms with E-state index in [0.717, 1.165) is 27.4 Å². The Morgan fingerprint density at radius 3 is 2.62 bits per heavy atom. The summed E-state index contributed by atoms with van der Waals surface area (Å²) in [6.07, 6.45) is 2.94. The molecular weight excluding hydrogens is 260 g/mol. The highest BCUT2D eigenvalue weighted by molar-refractivity contribution is 5.86. The van der Waals surface area contributed by atoms with Crippen LogP contribution in [0, 0.1) is 0 Å². The second-order valence-electron chi connectivity index (χ2n) is 5.10. The Morgan fingerprint density at radius 2 is 1.67 bits per heavy atom. The average Bonchev–Trinajstić information content (AvgIpc) is 2.98. The zero-order chi connectivity index (χ0) is 14.2. The zero-order valence-corrected chi connectivity index (χ0v) is 11.3. The molecule has 1 unspecified atom stereocenters. The van der Waals surface area contributed by atoms with Crippen molar-refractivity contribution < 1.29 is 5.11 Å². The van der Waals surface area contributed by atoms with Crippen LogP contribution in [0.3, 0.4) is 0 Å². The summed E-state index contributed by atoms with van der Waals surface area (Å²) in [7, 11) is 0. The van der Waals surface area contributed by atoms with Gasteiger partial charge in [0.2, 0.25) is 0 Å². The Morgan fingerprint density at radius 1 is 0.857 bits per heavy atom. The third kappa shape index (κ3) is 1.90. The van der Waals surface area contributed by atoms with Crippen molar-refractivity contribution in [3.05, 3.63) is 84.2 Å². The standard InChI is InChI=1S/C18H14N2O/c21-18(16-12-19-20-11-4-3-10-17(16)20)15-9-5-7-13-6-1-2-8-14(13)15/h1-12,18,21H. The van der Waals surface area contributed by atoms with Gasteiger partial charge in [-0.2, -0.15) is 5.10 Å². The number of benzene rings is 2. The molecule has 0 aliphatic carbocycles. The van der Waals surface area contributed by atoms with E-state index >= 15 is 0 Å². The molecule has 0 spiro atoms. The van der Waals surface area contributed by atoms with Crippen molar-refractivity contribution in [2.45, 2.75) is 6.10 Å². The minimum Gasteiger partial charge on any atom is -0.383 e. The van der Waals surface area contributed by atoms with Gasteiger partial charge in [0.25, 0.3) is 0 Å². The van der Waals surface area contributed by atoms with E-state index in [1.165, 1.54) is 0 Å². The van der Waals surface area contributed by atoms with Crippen LogP contribution in [0.2, 0.25) is 0 Å². The molecule has 0 saturated heterocycles. The van der Waals surface area contributed by atoms with Gasteiger partial charge in [-0.1, -0.05) is 48.5 Å². The molecule has 0 amide bonds. The van der Waals surface area contributed by atoms with Gasteiger partial charge in [0, 0.05) is 11.8 Å². The van der Waals surface area contributed by atoms with Crippen molar-refractivity contribution in [2.24, 2.45) is 0 Å². The molecule has 102 valence electrons. The topological polar surface area (TPSA) is 37.5 Å². The number of hydrogen-bond donors (Lipinski definition) is 1. The Balaban J connectivity index is 1.92. The summed E-state index contributed by atoms with van der Waals surface area (Å²) in [6, 6.07) is 20.0. The molecule has 0 fully saturated rings. The molecule has 0 radical (unpaired) electrons. The quantitative estimate of drug-likeness (QED) is 0.607. The van der Waals surface area contributed by atoms with Crippen LogP contribution in [-0.2, 0) is 0 Å². The molecule has 2 aromatic heterocycles. The van der Waals surface area contributed by atoms with Crippen molar-refractivity contribution >= 4 is 16.3 Å². The fourth-order valence-corrected chi connectivity index (χ4v) is 2.82. The lowest BCUT2D eigenvalue weighted by atomic mass is 9.96.